The summed E-state index contributed by atoms with van der Waals surface area (Å²) in [4.78, 5) is 28.1. The van der Waals surface area contributed by atoms with Gasteiger partial charge in [-0.1, -0.05) is 43.7 Å². The third-order valence-electron chi connectivity index (χ3n) is 6.17. The normalized spacial score (nSPS) is 17.9. The Kier molecular flexibility index (Phi) is 7.07. The summed E-state index contributed by atoms with van der Waals surface area (Å²) in [6.45, 7) is 3.12. The monoisotopic (exact) mass is 446 g/mol. The number of amides is 2. The summed E-state index contributed by atoms with van der Waals surface area (Å²) in [5.41, 5.74) is 2.83. The van der Waals surface area contributed by atoms with Gasteiger partial charge in [-0.15, -0.1) is 0 Å². The molecule has 33 heavy (non-hydrogen) atoms. The maximum absolute atomic E-state index is 13.4. The summed E-state index contributed by atoms with van der Waals surface area (Å²) < 4.78 is 7.07. The molecule has 0 aliphatic carbocycles. The number of benzene rings is 2. The number of unbranched alkanes of at least 4 members (excludes halogenated alkanes) is 1. The molecular weight excluding hydrogens is 416 g/mol. The van der Waals surface area contributed by atoms with Gasteiger partial charge in [-0.05, 0) is 41.8 Å². The van der Waals surface area contributed by atoms with Crippen LogP contribution in [0.4, 0.5) is 0 Å². The van der Waals surface area contributed by atoms with Crippen LogP contribution in [-0.4, -0.2) is 40.1 Å². The molecule has 2 atom stereocenters. The van der Waals surface area contributed by atoms with E-state index in [-0.39, 0.29) is 24.3 Å². The van der Waals surface area contributed by atoms with Crippen LogP contribution >= 0.6 is 0 Å². The van der Waals surface area contributed by atoms with Crippen molar-refractivity contribution in [3.05, 3.63) is 78.1 Å². The Morgan fingerprint density at radius 3 is 2.64 bits per heavy atom. The number of methoxy groups -OCH3 is 1. The lowest BCUT2D eigenvalue weighted by molar-refractivity contribution is -0.129. The molecule has 0 bridgehead atoms. The molecule has 3 aromatic rings. The van der Waals surface area contributed by atoms with Crippen LogP contribution in [0.1, 0.15) is 43.4 Å². The number of nitrogens with one attached hydrogen (secondary N) is 1. The zero-order chi connectivity index (χ0) is 23.2. The second kappa shape index (κ2) is 10.3. The molecule has 2 amide bonds. The lowest BCUT2D eigenvalue weighted by Crippen LogP contribution is -2.36. The summed E-state index contributed by atoms with van der Waals surface area (Å²) in [6, 6.07) is 17.1. The fourth-order valence-electron chi connectivity index (χ4n) is 4.44. The number of nitrogens with zero attached hydrogens (tertiary/aromatic N) is 3. The standard InChI is InChI=1S/C26H30N4O3/c1-3-4-15-29-24(31)17-22(25(29)19-10-12-21(33-2)13-11-19)26(32)27-18-20-8-5-6-9-23(20)30-16-7-14-28-30/h5-14,16,22,25H,3-4,15,17-18H2,1-2H3,(H,27,32). The lowest BCUT2D eigenvalue weighted by atomic mass is 9.92. The van der Waals surface area contributed by atoms with Gasteiger partial charge >= 0.3 is 0 Å². The maximum atomic E-state index is 13.4. The Labute approximate surface area is 194 Å². The first kappa shape index (κ1) is 22.6. The number of aromatic nitrogens is 2. The highest BCUT2D eigenvalue weighted by Gasteiger charge is 2.44. The highest BCUT2D eigenvalue weighted by Crippen LogP contribution is 2.39. The summed E-state index contributed by atoms with van der Waals surface area (Å²) >= 11 is 0. The van der Waals surface area contributed by atoms with Gasteiger partial charge in [0.05, 0.1) is 24.8 Å². The quantitative estimate of drug-likeness (QED) is 0.541. The predicted molar refractivity (Wildman–Crippen MR) is 126 cm³/mol. The van der Waals surface area contributed by atoms with E-state index in [2.05, 4.69) is 17.3 Å². The molecule has 1 aliphatic heterocycles. The molecule has 1 saturated heterocycles. The van der Waals surface area contributed by atoms with Crippen LogP contribution in [0.25, 0.3) is 5.69 Å². The molecular formula is C26H30N4O3. The van der Waals surface area contributed by atoms with E-state index in [1.54, 1.807) is 18.0 Å². The van der Waals surface area contributed by atoms with Crippen LogP contribution in [0.5, 0.6) is 5.75 Å². The van der Waals surface area contributed by atoms with Crippen molar-refractivity contribution in [1.82, 2.24) is 20.0 Å². The predicted octanol–water partition coefficient (Wildman–Crippen LogP) is 3.89. The number of hydrogen-bond acceptors (Lipinski definition) is 4. The topological polar surface area (TPSA) is 76.5 Å². The SMILES string of the molecule is CCCCN1C(=O)CC(C(=O)NCc2ccccc2-n2cccn2)C1c1ccc(OC)cc1. The molecule has 2 heterocycles. The van der Waals surface area contributed by atoms with E-state index in [4.69, 9.17) is 4.74 Å². The molecule has 0 radical (unpaired) electrons. The van der Waals surface area contributed by atoms with Crippen molar-refractivity contribution >= 4 is 11.8 Å². The van der Waals surface area contributed by atoms with Crippen molar-refractivity contribution < 1.29 is 14.3 Å². The highest BCUT2D eigenvalue weighted by molar-refractivity contribution is 5.90. The summed E-state index contributed by atoms with van der Waals surface area (Å²) in [5, 5.41) is 7.39. The first-order chi connectivity index (χ1) is 16.1. The lowest BCUT2D eigenvalue weighted by Gasteiger charge is -2.28. The minimum atomic E-state index is -0.445. The van der Waals surface area contributed by atoms with Gasteiger partial charge in [0.15, 0.2) is 0 Å². The minimum Gasteiger partial charge on any atom is -0.497 e. The molecule has 7 nitrogen and oxygen atoms in total. The van der Waals surface area contributed by atoms with E-state index in [1.165, 1.54) is 0 Å². The molecule has 2 unspecified atom stereocenters. The van der Waals surface area contributed by atoms with Gasteiger partial charge in [0.2, 0.25) is 11.8 Å². The van der Waals surface area contributed by atoms with Crippen LogP contribution < -0.4 is 10.1 Å². The Hall–Kier alpha value is -3.61. The van der Waals surface area contributed by atoms with E-state index >= 15 is 0 Å². The zero-order valence-corrected chi connectivity index (χ0v) is 19.1. The molecule has 1 fully saturated rings. The number of ether oxygens (including phenoxy) is 1. The van der Waals surface area contributed by atoms with Gasteiger partial charge in [0.25, 0.3) is 0 Å². The van der Waals surface area contributed by atoms with Gasteiger partial charge in [-0.2, -0.15) is 5.10 Å². The Morgan fingerprint density at radius 1 is 1.15 bits per heavy atom. The second-order valence-corrected chi connectivity index (χ2v) is 8.27. The van der Waals surface area contributed by atoms with E-state index in [0.29, 0.717) is 13.1 Å². The van der Waals surface area contributed by atoms with Gasteiger partial charge in [0, 0.05) is 31.9 Å². The zero-order valence-electron chi connectivity index (χ0n) is 19.1. The van der Waals surface area contributed by atoms with Gasteiger partial charge in [-0.25, -0.2) is 4.68 Å². The first-order valence-corrected chi connectivity index (χ1v) is 11.4. The van der Waals surface area contributed by atoms with Crippen LogP contribution in [-0.2, 0) is 16.1 Å². The van der Waals surface area contributed by atoms with Gasteiger partial charge < -0.3 is 15.0 Å². The van der Waals surface area contributed by atoms with Crippen molar-refractivity contribution in [3.8, 4) is 11.4 Å². The number of likely N-dealkylation sites (tertiary alicyclic amines) is 1. The van der Waals surface area contributed by atoms with E-state index in [1.807, 2.05) is 65.7 Å². The molecule has 1 N–H and O–H groups in total. The molecule has 7 heteroatoms. The minimum absolute atomic E-state index is 0.0290. The third kappa shape index (κ3) is 4.92. The van der Waals surface area contributed by atoms with Crippen molar-refractivity contribution in [2.45, 2.75) is 38.8 Å². The Bertz CT molecular complexity index is 1080. The highest BCUT2D eigenvalue weighted by atomic mass is 16.5. The number of rotatable bonds is 9. The third-order valence-corrected chi connectivity index (χ3v) is 6.17. The molecule has 2 aromatic carbocycles. The van der Waals surface area contributed by atoms with Crippen LogP contribution in [0.3, 0.4) is 0 Å². The van der Waals surface area contributed by atoms with Crippen molar-refractivity contribution in [2.24, 2.45) is 5.92 Å². The van der Waals surface area contributed by atoms with Crippen LogP contribution in [0, 0.1) is 5.92 Å². The molecule has 1 aliphatic rings. The average molecular weight is 447 g/mol. The summed E-state index contributed by atoms with van der Waals surface area (Å²) in [7, 11) is 1.62. The Morgan fingerprint density at radius 2 is 1.94 bits per heavy atom. The first-order valence-electron chi connectivity index (χ1n) is 11.4. The molecule has 4 rings (SSSR count). The van der Waals surface area contributed by atoms with E-state index in [9.17, 15) is 9.59 Å². The number of hydrogen-bond donors (Lipinski definition) is 1. The van der Waals surface area contributed by atoms with E-state index < -0.39 is 5.92 Å². The molecule has 0 spiro atoms. The number of para-hydroxylation sites is 1. The van der Waals surface area contributed by atoms with Crippen LogP contribution in [0.15, 0.2) is 67.0 Å². The fraction of sp³-hybridized carbons (Fsp3) is 0.346. The van der Waals surface area contributed by atoms with Gasteiger partial charge in [-0.3, -0.25) is 9.59 Å². The second-order valence-electron chi connectivity index (χ2n) is 8.27. The van der Waals surface area contributed by atoms with Crippen LogP contribution in [0.2, 0.25) is 0 Å². The molecule has 172 valence electrons. The maximum Gasteiger partial charge on any atom is 0.226 e. The summed E-state index contributed by atoms with van der Waals surface area (Å²) in [5.74, 6) is 0.221. The fourth-order valence-corrected chi connectivity index (χ4v) is 4.44. The molecule has 0 saturated carbocycles. The largest absolute Gasteiger partial charge is 0.497 e. The summed E-state index contributed by atoms with van der Waals surface area (Å²) in [6.07, 6.45) is 5.71. The smallest absolute Gasteiger partial charge is 0.226 e. The van der Waals surface area contributed by atoms with Crippen molar-refractivity contribution in [1.29, 1.82) is 0 Å². The van der Waals surface area contributed by atoms with Crippen molar-refractivity contribution in [3.63, 3.8) is 0 Å². The van der Waals surface area contributed by atoms with Crippen molar-refractivity contribution in [2.75, 3.05) is 13.7 Å². The number of carbonyl (C=O) groups excluding carboxylic acids is 2. The van der Waals surface area contributed by atoms with Gasteiger partial charge in [0.1, 0.15) is 5.75 Å². The van der Waals surface area contributed by atoms with E-state index in [0.717, 1.165) is 35.4 Å². The Balaban J connectivity index is 1.54. The average Bonchev–Trinajstić information content (AvgIpc) is 3.50. The number of carbonyl (C=O) groups is 2. The molecule has 1 aromatic heterocycles.